The van der Waals surface area contributed by atoms with Crippen LogP contribution in [0.15, 0.2) is 24.3 Å². The van der Waals surface area contributed by atoms with Gasteiger partial charge in [-0.3, -0.25) is 4.79 Å². The van der Waals surface area contributed by atoms with Gasteiger partial charge in [0.2, 0.25) is 0 Å². The Bertz CT molecular complexity index is 322. The lowest BCUT2D eigenvalue weighted by atomic mass is 10.1. The van der Waals surface area contributed by atoms with Crippen molar-refractivity contribution in [3.05, 3.63) is 35.4 Å². The van der Waals surface area contributed by atoms with E-state index in [-0.39, 0.29) is 12.5 Å². The summed E-state index contributed by atoms with van der Waals surface area (Å²) in [6.07, 6.45) is -0.531. The number of nitrogens with one attached hydrogen (secondary N) is 1. The highest BCUT2D eigenvalue weighted by molar-refractivity contribution is 6.17. The summed E-state index contributed by atoms with van der Waals surface area (Å²) in [7, 11) is 0. The van der Waals surface area contributed by atoms with E-state index in [1.807, 2.05) is 12.1 Å². The first-order valence-electron chi connectivity index (χ1n) is 4.74. The van der Waals surface area contributed by atoms with Crippen molar-refractivity contribution in [2.24, 2.45) is 0 Å². The molecule has 2 N–H and O–H groups in total. The van der Waals surface area contributed by atoms with Crippen LogP contribution in [0.25, 0.3) is 0 Å². The lowest BCUT2D eigenvalue weighted by molar-refractivity contribution is 0.0924. The molecule has 0 heterocycles. The molecule has 0 aliphatic heterocycles. The average molecular weight is 228 g/mol. The number of rotatable bonds is 4. The summed E-state index contributed by atoms with van der Waals surface area (Å²) in [5.74, 6) is 0.257. The van der Waals surface area contributed by atoms with Crippen molar-refractivity contribution in [2.75, 3.05) is 6.54 Å². The van der Waals surface area contributed by atoms with Crippen LogP contribution in [-0.4, -0.2) is 23.7 Å². The molecular formula is C11H14ClNO2. The Morgan fingerprint density at radius 3 is 2.53 bits per heavy atom. The molecule has 82 valence electrons. The van der Waals surface area contributed by atoms with Crippen LogP contribution in [0.2, 0.25) is 0 Å². The number of aliphatic hydroxyl groups is 1. The van der Waals surface area contributed by atoms with Crippen LogP contribution < -0.4 is 5.32 Å². The summed E-state index contributed by atoms with van der Waals surface area (Å²) in [4.78, 5) is 11.5. The van der Waals surface area contributed by atoms with Crippen LogP contribution in [0.3, 0.4) is 0 Å². The van der Waals surface area contributed by atoms with Crippen molar-refractivity contribution in [2.45, 2.75) is 18.9 Å². The minimum Gasteiger partial charge on any atom is -0.392 e. The monoisotopic (exact) mass is 227 g/mol. The Morgan fingerprint density at radius 2 is 2.07 bits per heavy atom. The van der Waals surface area contributed by atoms with E-state index in [0.717, 1.165) is 5.56 Å². The van der Waals surface area contributed by atoms with Gasteiger partial charge in [0.15, 0.2) is 0 Å². The molecule has 1 amide bonds. The summed E-state index contributed by atoms with van der Waals surface area (Å²) in [6.45, 7) is 1.88. The summed E-state index contributed by atoms with van der Waals surface area (Å²) in [5.41, 5.74) is 1.55. The van der Waals surface area contributed by atoms with Crippen molar-refractivity contribution in [1.82, 2.24) is 5.32 Å². The minimum absolute atomic E-state index is 0.183. The summed E-state index contributed by atoms with van der Waals surface area (Å²) in [5, 5.41) is 11.6. The van der Waals surface area contributed by atoms with Gasteiger partial charge in [-0.2, -0.15) is 0 Å². The lowest BCUT2D eigenvalue weighted by Gasteiger charge is -2.07. The first kappa shape index (κ1) is 12.0. The van der Waals surface area contributed by atoms with E-state index in [0.29, 0.717) is 11.4 Å². The molecule has 1 aromatic rings. The lowest BCUT2D eigenvalue weighted by Crippen LogP contribution is -2.30. The number of alkyl halides is 1. The Kier molecular flexibility index (Phi) is 4.59. The van der Waals surface area contributed by atoms with Crippen LogP contribution in [0.1, 0.15) is 22.8 Å². The zero-order chi connectivity index (χ0) is 11.3. The zero-order valence-electron chi connectivity index (χ0n) is 8.53. The normalized spacial score (nSPS) is 12.2. The second-order valence-corrected chi connectivity index (χ2v) is 3.66. The van der Waals surface area contributed by atoms with Gasteiger partial charge in [0.25, 0.3) is 5.91 Å². The first-order valence-corrected chi connectivity index (χ1v) is 5.28. The molecule has 1 rings (SSSR count). The first-order chi connectivity index (χ1) is 7.13. The Labute approximate surface area is 94.1 Å². The SMILES string of the molecule is C[C@@H](O)CNC(=O)c1ccc(CCl)cc1. The van der Waals surface area contributed by atoms with Gasteiger partial charge in [-0.1, -0.05) is 12.1 Å². The average Bonchev–Trinajstić information content (AvgIpc) is 2.26. The Hall–Kier alpha value is -1.06. The molecule has 0 radical (unpaired) electrons. The van der Waals surface area contributed by atoms with E-state index in [9.17, 15) is 4.79 Å². The van der Waals surface area contributed by atoms with Gasteiger partial charge in [0.05, 0.1) is 6.10 Å². The van der Waals surface area contributed by atoms with Crippen molar-refractivity contribution in [3.8, 4) is 0 Å². The minimum atomic E-state index is -0.531. The maximum Gasteiger partial charge on any atom is 0.251 e. The molecule has 1 aromatic carbocycles. The number of halogens is 1. The zero-order valence-corrected chi connectivity index (χ0v) is 9.29. The highest BCUT2D eigenvalue weighted by Crippen LogP contribution is 2.06. The highest BCUT2D eigenvalue weighted by atomic mass is 35.5. The van der Waals surface area contributed by atoms with E-state index in [2.05, 4.69) is 5.32 Å². The molecule has 3 nitrogen and oxygen atoms in total. The number of carbonyl (C=O) groups excluding carboxylic acids is 1. The number of amides is 1. The van der Waals surface area contributed by atoms with Crippen molar-refractivity contribution in [3.63, 3.8) is 0 Å². The second-order valence-electron chi connectivity index (χ2n) is 3.39. The van der Waals surface area contributed by atoms with Gasteiger partial charge in [-0.25, -0.2) is 0 Å². The number of benzene rings is 1. The van der Waals surface area contributed by atoms with Crippen molar-refractivity contribution >= 4 is 17.5 Å². The topological polar surface area (TPSA) is 49.3 Å². The van der Waals surface area contributed by atoms with Crippen LogP contribution in [0, 0.1) is 0 Å². The molecule has 15 heavy (non-hydrogen) atoms. The Balaban J connectivity index is 2.58. The predicted molar refractivity (Wildman–Crippen MR) is 60.0 cm³/mol. The molecule has 4 heteroatoms. The van der Waals surface area contributed by atoms with Gasteiger partial charge in [-0.15, -0.1) is 11.6 Å². The Morgan fingerprint density at radius 1 is 1.47 bits per heavy atom. The quantitative estimate of drug-likeness (QED) is 0.767. The molecule has 1 atom stereocenters. The van der Waals surface area contributed by atoms with E-state index in [4.69, 9.17) is 16.7 Å². The number of hydrogen-bond acceptors (Lipinski definition) is 2. The van der Waals surface area contributed by atoms with Crippen molar-refractivity contribution < 1.29 is 9.90 Å². The third kappa shape index (κ3) is 3.90. The molecule has 0 aliphatic rings. The molecule has 0 aliphatic carbocycles. The fraction of sp³-hybridized carbons (Fsp3) is 0.364. The van der Waals surface area contributed by atoms with Crippen molar-refractivity contribution in [1.29, 1.82) is 0 Å². The van der Waals surface area contributed by atoms with Crippen LogP contribution >= 0.6 is 11.6 Å². The standard InChI is InChI=1S/C11H14ClNO2/c1-8(14)7-13-11(15)10-4-2-9(6-12)3-5-10/h2-5,8,14H,6-7H2,1H3,(H,13,15)/t8-/m1/s1. The third-order valence-electron chi connectivity index (χ3n) is 1.93. The summed E-state index contributed by atoms with van der Waals surface area (Å²) < 4.78 is 0. The summed E-state index contributed by atoms with van der Waals surface area (Å²) >= 11 is 5.63. The maximum absolute atomic E-state index is 11.5. The van der Waals surface area contributed by atoms with Crippen LogP contribution in [-0.2, 0) is 5.88 Å². The third-order valence-corrected chi connectivity index (χ3v) is 2.24. The molecule has 0 saturated heterocycles. The van der Waals surface area contributed by atoms with Gasteiger partial charge in [-0.05, 0) is 24.6 Å². The second kappa shape index (κ2) is 5.73. The van der Waals surface area contributed by atoms with Gasteiger partial charge < -0.3 is 10.4 Å². The molecule has 0 fully saturated rings. The van der Waals surface area contributed by atoms with E-state index in [1.165, 1.54) is 0 Å². The van der Waals surface area contributed by atoms with E-state index < -0.39 is 6.10 Å². The van der Waals surface area contributed by atoms with Gasteiger partial charge in [0, 0.05) is 18.0 Å². The fourth-order valence-electron chi connectivity index (χ4n) is 1.09. The predicted octanol–water partition coefficient (Wildman–Crippen LogP) is 1.54. The number of aliphatic hydroxyl groups excluding tert-OH is 1. The van der Waals surface area contributed by atoms with E-state index >= 15 is 0 Å². The summed E-state index contributed by atoms with van der Waals surface area (Å²) in [6, 6.07) is 7.05. The van der Waals surface area contributed by atoms with Gasteiger partial charge >= 0.3 is 0 Å². The molecule has 0 unspecified atom stereocenters. The fourth-order valence-corrected chi connectivity index (χ4v) is 1.27. The number of hydrogen-bond donors (Lipinski definition) is 2. The maximum atomic E-state index is 11.5. The molecule has 0 spiro atoms. The van der Waals surface area contributed by atoms with Gasteiger partial charge in [0.1, 0.15) is 0 Å². The largest absolute Gasteiger partial charge is 0.392 e. The van der Waals surface area contributed by atoms with Crippen LogP contribution in [0.4, 0.5) is 0 Å². The number of carbonyl (C=O) groups is 1. The molecule has 0 aromatic heterocycles. The molecule has 0 bridgehead atoms. The smallest absolute Gasteiger partial charge is 0.251 e. The van der Waals surface area contributed by atoms with E-state index in [1.54, 1.807) is 19.1 Å². The molecular weight excluding hydrogens is 214 g/mol. The molecule has 0 saturated carbocycles. The van der Waals surface area contributed by atoms with Crippen LogP contribution in [0.5, 0.6) is 0 Å². The highest BCUT2D eigenvalue weighted by Gasteiger charge is 2.05.